The Balaban J connectivity index is 1.87. The number of rotatable bonds is 9. The van der Waals surface area contributed by atoms with E-state index in [0.29, 0.717) is 34.7 Å². The van der Waals surface area contributed by atoms with Gasteiger partial charge in [0.2, 0.25) is 0 Å². The zero-order valence-corrected chi connectivity index (χ0v) is 20.8. The molecule has 3 rings (SSSR count). The van der Waals surface area contributed by atoms with Crippen LogP contribution in [0.15, 0.2) is 70.7 Å². The van der Waals surface area contributed by atoms with Crippen molar-refractivity contribution in [2.24, 2.45) is 0 Å². The molecule has 0 aromatic heterocycles. The number of anilines is 1. The molecule has 3 aromatic rings. The summed E-state index contributed by atoms with van der Waals surface area (Å²) < 4.78 is 12.3. The van der Waals surface area contributed by atoms with Crippen molar-refractivity contribution in [2.75, 3.05) is 11.9 Å². The van der Waals surface area contributed by atoms with E-state index in [4.69, 9.17) is 21.1 Å². The van der Waals surface area contributed by atoms with Crippen molar-refractivity contribution in [1.82, 2.24) is 0 Å². The van der Waals surface area contributed by atoms with Crippen LogP contribution >= 0.6 is 27.5 Å². The molecule has 0 radical (unpaired) electrons. The molecular weight excluding hydrogens is 538 g/mol. The first kappa shape index (κ1) is 25.7. The number of ether oxygens (including phenoxy) is 2. The molecule has 0 heterocycles. The number of nitrogens with one attached hydrogen (secondary N) is 1. The number of hydrogen-bond donors (Lipinski definition) is 1. The van der Waals surface area contributed by atoms with E-state index in [1.807, 2.05) is 43.3 Å². The van der Waals surface area contributed by atoms with E-state index in [1.54, 1.807) is 12.1 Å². The Morgan fingerprint density at radius 1 is 1.20 bits per heavy atom. The van der Waals surface area contributed by atoms with Crippen molar-refractivity contribution in [3.05, 3.63) is 97.0 Å². The molecule has 3 aromatic carbocycles. The number of carbonyl (C=O) groups is 1. The summed E-state index contributed by atoms with van der Waals surface area (Å²) in [4.78, 5) is 23.1. The van der Waals surface area contributed by atoms with Gasteiger partial charge >= 0.3 is 0 Å². The highest BCUT2D eigenvalue weighted by Gasteiger charge is 2.17. The average molecular weight is 557 g/mol. The predicted molar refractivity (Wildman–Crippen MR) is 136 cm³/mol. The molecule has 0 bridgehead atoms. The van der Waals surface area contributed by atoms with Crippen LogP contribution in [0.25, 0.3) is 6.08 Å². The highest BCUT2D eigenvalue weighted by atomic mass is 79.9. The molecule has 1 amide bonds. The minimum atomic E-state index is -0.770. The smallest absolute Gasteiger partial charge is 0.271 e. The van der Waals surface area contributed by atoms with E-state index >= 15 is 0 Å². The third-order valence-corrected chi connectivity index (χ3v) is 5.56. The summed E-state index contributed by atoms with van der Waals surface area (Å²) in [7, 11) is 0. The normalized spacial score (nSPS) is 10.9. The van der Waals surface area contributed by atoms with Crippen molar-refractivity contribution >= 4 is 50.9 Å². The fourth-order valence-electron chi connectivity index (χ4n) is 3.03. The molecule has 0 spiro atoms. The third kappa shape index (κ3) is 6.82. The van der Waals surface area contributed by atoms with Gasteiger partial charge in [-0.1, -0.05) is 41.9 Å². The highest BCUT2D eigenvalue weighted by Crippen LogP contribution is 2.38. The summed E-state index contributed by atoms with van der Waals surface area (Å²) in [5.74, 6) is 0.149. The van der Waals surface area contributed by atoms with Crippen molar-refractivity contribution < 1.29 is 19.2 Å². The fourth-order valence-corrected chi connectivity index (χ4v) is 3.77. The lowest BCUT2D eigenvalue weighted by Crippen LogP contribution is -2.14. The maximum Gasteiger partial charge on any atom is 0.271 e. The second kappa shape index (κ2) is 12.0. The second-order valence-electron chi connectivity index (χ2n) is 7.08. The van der Waals surface area contributed by atoms with Crippen molar-refractivity contribution in [3.8, 4) is 17.6 Å². The maximum atomic E-state index is 12.7. The Morgan fingerprint density at radius 2 is 1.94 bits per heavy atom. The predicted octanol–water partition coefficient (Wildman–Crippen LogP) is 6.53. The molecule has 0 unspecified atom stereocenters. The molecule has 8 nitrogen and oxygen atoms in total. The summed E-state index contributed by atoms with van der Waals surface area (Å²) in [5, 5.41) is 23.1. The minimum absolute atomic E-state index is 0.0212. The van der Waals surface area contributed by atoms with Gasteiger partial charge in [0, 0.05) is 12.1 Å². The first-order valence-electron chi connectivity index (χ1n) is 10.3. The molecule has 0 atom stereocenters. The topological polar surface area (TPSA) is 114 Å². The standard InChI is InChI=1S/C25H19BrClN3O5/c1-2-34-23-12-17(11-20(26)24(23)35-15-16-6-4-3-5-7-16)10-18(14-28)25(31)29-22-13-19(30(32)33)8-9-21(22)27/h3-13H,2,15H2,1H3,(H,29,31)/b18-10+. The maximum absolute atomic E-state index is 12.7. The molecule has 0 saturated carbocycles. The summed E-state index contributed by atoms with van der Waals surface area (Å²) >= 11 is 9.52. The van der Waals surface area contributed by atoms with Crippen molar-refractivity contribution in [3.63, 3.8) is 0 Å². The van der Waals surface area contributed by atoms with E-state index in [2.05, 4.69) is 21.2 Å². The first-order chi connectivity index (χ1) is 16.8. The van der Waals surface area contributed by atoms with Crippen LogP contribution in [0.2, 0.25) is 5.02 Å². The Morgan fingerprint density at radius 3 is 2.60 bits per heavy atom. The van der Waals surface area contributed by atoms with Crippen molar-refractivity contribution in [1.29, 1.82) is 5.26 Å². The van der Waals surface area contributed by atoms with Gasteiger partial charge in [-0.2, -0.15) is 5.26 Å². The number of nitro benzene ring substituents is 1. The Kier molecular flexibility index (Phi) is 8.84. The van der Waals surface area contributed by atoms with Gasteiger partial charge in [-0.25, -0.2) is 0 Å². The number of nitrogens with zero attached hydrogens (tertiary/aromatic N) is 2. The van der Waals surface area contributed by atoms with Crippen LogP contribution in [0.4, 0.5) is 11.4 Å². The van der Waals surface area contributed by atoms with Crippen molar-refractivity contribution in [2.45, 2.75) is 13.5 Å². The van der Waals surface area contributed by atoms with Gasteiger partial charge in [0.15, 0.2) is 11.5 Å². The monoisotopic (exact) mass is 555 g/mol. The van der Waals surface area contributed by atoms with Crippen LogP contribution in [0.3, 0.4) is 0 Å². The Labute approximate surface area is 215 Å². The SMILES string of the molecule is CCOc1cc(/C=C(\C#N)C(=O)Nc2cc([N+](=O)[O-])ccc2Cl)cc(Br)c1OCc1ccccc1. The molecule has 0 saturated heterocycles. The lowest BCUT2D eigenvalue weighted by molar-refractivity contribution is -0.384. The van der Waals surface area contributed by atoms with Crippen LogP contribution in [0.1, 0.15) is 18.1 Å². The van der Waals surface area contributed by atoms with Gasteiger partial charge in [-0.15, -0.1) is 0 Å². The summed E-state index contributed by atoms with van der Waals surface area (Å²) in [5.41, 5.74) is 1.02. The second-order valence-corrected chi connectivity index (χ2v) is 8.34. The molecule has 0 aliphatic rings. The molecule has 0 aliphatic heterocycles. The van der Waals surface area contributed by atoms with Gasteiger partial charge in [0.25, 0.3) is 11.6 Å². The first-order valence-corrected chi connectivity index (χ1v) is 11.5. The Bertz CT molecular complexity index is 1320. The van der Waals surface area contributed by atoms with Gasteiger partial charge in [0.05, 0.1) is 26.7 Å². The number of benzene rings is 3. The number of carbonyl (C=O) groups excluding carboxylic acids is 1. The zero-order chi connectivity index (χ0) is 25.4. The van der Waals surface area contributed by atoms with Crippen LogP contribution in [-0.2, 0) is 11.4 Å². The quantitative estimate of drug-likeness (QED) is 0.139. The molecule has 1 N–H and O–H groups in total. The molecule has 0 aliphatic carbocycles. The summed E-state index contributed by atoms with van der Waals surface area (Å²) in [6.07, 6.45) is 1.37. The van der Waals surface area contributed by atoms with E-state index in [9.17, 15) is 20.2 Å². The summed E-state index contributed by atoms with van der Waals surface area (Å²) in [6.45, 7) is 2.52. The van der Waals surface area contributed by atoms with E-state index in [1.165, 1.54) is 18.2 Å². The van der Waals surface area contributed by atoms with Crippen LogP contribution in [0, 0.1) is 21.4 Å². The van der Waals surface area contributed by atoms with E-state index in [-0.39, 0.29) is 22.0 Å². The van der Waals surface area contributed by atoms with Gasteiger partial charge in [-0.3, -0.25) is 14.9 Å². The molecule has 35 heavy (non-hydrogen) atoms. The fraction of sp³-hybridized carbons (Fsp3) is 0.120. The molecule has 178 valence electrons. The Hall–Kier alpha value is -3.87. The van der Waals surface area contributed by atoms with Crippen LogP contribution in [-0.4, -0.2) is 17.4 Å². The molecule has 0 fully saturated rings. The van der Waals surface area contributed by atoms with Crippen LogP contribution in [0.5, 0.6) is 11.5 Å². The largest absolute Gasteiger partial charge is 0.490 e. The van der Waals surface area contributed by atoms with Crippen LogP contribution < -0.4 is 14.8 Å². The zero-order valence-electron chi connectivity index (χ0n) is 18.5. The third-order valence-electron chi connectivity index (χ3n) is 4.64. The number of hydrogen-bond acceptors (Lipinski definition) is 6. The number of halogens is 2. The number of amides is 1. The van der Waals surface area contributed by atoms with Gasteiger partial charge < -0.3 is 14.8 Å². The summed E-state index contributed by atoms with van der Waals surface area (Å²) in [6, 6.07) is 18.5. The lowest BCUT2D eigenvalue weighted by Gasteiger charge is -2.15. The van der Waals surface area contributed by atoms with E-state index in [0.717, 1.165) is 11.6 Å². The van der Waals surface area contributed by atoms with Gasteiger partial charge in [0.1, 0.15) is 18.2 Å². The highest BCUT2D eigenvalue weighted by molar-refractivity contribution is 9.10. The number of non-ortho nitro benzene ring substituents is 1. The number of nitro groups is 1. The van der Waals surface area contributed by atoms with E-state index < -0.39 is 10.8 Å². The minimum Gasteiger partial charge on any atom is -0.490 e. The van der Waals surface area contributed by atoms with Gasteiger partial charge in [-0.05, 0) is 58.3 Å². The molecule has 10 heteroatoms. The number of nitriles is 1. The average Bonchev–Trinajstić information content (AvgIpc) is 2.84. The lowest BCUT2D eigenvalue weighted by atomic mass is 10.1. The molecular formula is C25H19BrClN3O5.